The van der Waals surface area contributed by atoms with Crippen LogP contribution in [0.3, 0.4) is 0 Å². The predicted octanol–water partition coefficient (Wildman–Crippen LogP) is 6.06. The highest BCUT2D eigenvalue weighted by molar-refractivity contribution is 7.98. The first kappa shape index (κ1) is 14.8. The quantitative estimate of drug-likeness (QED) is 0.497. The lowest BCUT2D eigenvalue weighted by molar-refractivity contribution is 1.15. The fourth-order valence-electron chi connectivity index (χ4n) is 2.06. The summed E-state index contributed by atoms with van der Waals surface area (Å²) in [6.45, 7) is 8.42. The highest BCUT2D eigenvalue weighted by Gasteiger charge is 2.05. The molecule has 2 aromatic rings. The van der Waals surface area contributed by atoms with Crippen LogP contribution >= 0.6 is 11.8 Å². The number of thioether (sulfide) groups is 1. The molecule has 0 amide bonds. The van der Waals surface area contributed by atoms with Gasteiger partial charge in [-0.15, -0.1) is 11.8 Å². The van der Waals surface area contributed by atoms with Crippen molar-refractivity contribution in [1.82, 2.24) is 0 Å². The molecule has 0 saturated heterocycles. The predicted molar refractivity (Wildman–Crippen MR) is 87.8 cm³/mol. The Balaban J connectivity index is 2.37. The fourth-order valence-corrected chi connectivity index (χ4v) is 2.73. The lowest BCUT2D eigenvalue weighted by Crippen LogP contribution is -1.85. The smallest absolute Gasteiger partial charge is 0.0889 e. The van der Waals surface area contributed by atoms with Crippen LogP contribution in [0.25, 0.3) is 0 Å². The molecule has 2 rings (SSSR count). The number of nitrogens with zero attached hydrogens (tertiary/aromatic N) is 2. The lowest BCUT2D eigenvalue weighted by Gasteiger charge is -2.08. The summed E-state index contributed by atoms with van der Waals surface area (Å²) in [5.74, 6) is 0. The van der Waals surface area contributed by atoms with Crippen molar-refractivity contribution in [2.24, 2.45) is 10.2 Å². The molecule has 0 bridgehead atoms. The van der Waals surface area contributed by atoms with Gasteiger partial charge in [-0.25, -0.2) is 0 Å². The van der Waals surface area contributed by atoms with Crippen molar-refractivity contribution in [3.8, 4) is 0 Å². The third kappa shape index (κ3) is 2.93. The molecular formula is C17H20N2S. The molecule has 0 spiro atoms. The van der Waals surface area contributed by atoms with Crippen molar-refractivity contribution in [2.45, 2.75) is 32.6 Å². The van der Waals surface area contributed by atoms with Crippen molar-refractivity contribution < 1.29 is 0 Å². The first-order valence-electron chi connectivity index (χ1n) is 6.66. The van der Waals surface area contributed by atoms with Crippen molar-refractivity contribution >= 4 is 23.1 Å². The second kappa shape index (κ2) is 6.23. The van der Waals surface area contributed by atoms with Crippen LogP contribution in [0.5, 0.6) is 0 Å². The van der Waals surface area contributed by atoms with Crippen LogP contribution in [0.15, 0.2) is 45.5 Å². The number of benzene rings is 2. The maximum atomic E-state index is 4.43. The number of azo groups is 1. The van der Waals surface area contributed by atoms with E-state index in [2.05, 4.69) is 56.3 Å². The highest BCUT2D eigenvalue weighted by Crippen LogP contribution is 2.31. The zero-order chi connectivity index (χ0) is 14.7. The maximum Gasteiger partial charge on any atom is 0.0889 e. The standard InChI is InChI=1S/C17H20N2S/c1-11-7-6-8-15(12(11)2)18-19-16-9-10-17(20-5)14(4)13(16)3/h6-10H,1-5H3. The molecule has 0 aromatic heterocycles. The van der Waals surface area contributed by atoms with E-state index in [1.54, 1.807) is 11.8 Å². The van der Waals surface area contributed by atoms with E-state index in [1.807, 2.05) is 18.2 Å². The van der Waals surface area contributed by atoms with E-state index >= 15 is 0 Å². The van der Waals surface area contributed by atoms with Gasteiger partial charge < -0.3 is 0 Å². The van der Waals surface area contributed by atoms with Gasteiger partial charge in [-0.05, 0) is 74.4 Å². The molecule has 0 aliphatic carbocycles. The Kier molecular flexibility index (Phi) is 4.61. The number of aryl methyl sites for hydroxylation is 1. The van der Waals surface area contributed by atoms with Crippen LogP contribution in [-0.2, 0) is 0 Å². The summed E-state index contributed by atoms with van der Waals surface area (Å²) in [5.41, 5.74) is 6.80. The first-order valence-corrected chi connectivity index (χ1v) is 7.89. The molecule has 2 aromatic carbocycles. The summed E-state index contributed by atoms with van der Waals surface area (Å²) in [6, 6.07) is 10.3. The molecule has 3 heteroatoms. The zero-order valence-corrected chi connectivity index (χ0v) is 13.5. The second-order valence-corrected chi connectivity index (χ2v) is 5.80. The third-order valence-corrected chi connectivity index (χ3v) is 4.65. The van der Waals surface area contributed by atoms with Gasteiger partial charge in [0.2, 0.25) is 0 Å². The molecule has 0 atom stereocenters. The van der Waals surface area contributed by atoms with Crippen molar-refractivity contribution in [3.63, 3.8) is 0 Å². The molecule has 0 N–H and O–H groups in total. The van der Waals surface area contributed by atoms with Gasteiger partial charge in [-0.2, -0.15) is 10.2 Å². The Labute approximate surface area is 125 Å². The summed E-state index contributed by atoms with van der Waals surface area (Å²) in [6.07, 6.45) is 2.10. The molecule has 0 unspecified atom stereocenters. The lowest BCUT2D eigenvalue weighted by atomic mass is 10.1. The van der Waals surface area contributed by atoms with Crippen LogP contribution in [0, 0.1) is 27.7 Å². The van der Waals surface area contributed by atoms with E-state index in [4.69, 9.17) is 0 Å². The van der Waals surface area contributed by atoms with Crippen molar-refractivity contribution in [2.75, 3.05) is 6.26 Å². The summed E-state index contributed by atoms with van der Waals surface area (Å²) in [5, 5.41) is 8.84. The van der Waals surface area contributed by atoms with Crippen LogP contribution in [0.1, 0.15) is 22.3 Å². The highest BCUT2D eigenvalue weighted by atomic mass is 32.2. The molecule has 0 aliphatic heterocycles. The van der Waals surface area contributed by atoms with Gasteiger partial charge in [0, 0.05) is 4.90 Å². The largest absolute Gasteiger partial charge is 0.150 e. The van der Waals surface area contributed by atoms with Gasteiger partial charge in [0.1, 0.15) is 0 Å². The van der Waals surface area contributed by atoms with Crippen LogP contribution in [-0.4, -0.2) is 6.26 Å². The number of hydrogen-bond donors (Lipinski definition) is 0. The number of hydrogen-bond acceptors (Lipinski definition) is 3. The Hall–Kier alpha value is -1.61. The summed E-state index contributed by atoms with van der Waals surface area (Å²) in [7, 11) is 0. The topological polar surface area (TPSA) is 24.7 Å². The molecule has 104 valence electrons. The van der Waals surface area contributed by atoms with E-state index in [-0.39, 0.29) is 0 Å². The minimum absolute atomic E-state index is 0.941. The van der Waals surface area contributed by atoms with E-state index in [1.165, 1.54) is 27.1 Å². The van der Waals surface area contributed by atoms with E-state index < -0.39 is 0 Å². The summed E-state index contributed by atoms with van der Waals surface area (Å²) in [4.78, 5) is 1.30. The Morgan fingerprint density at radius 2 is 1.40 bits per heavy atom. The Morgan fingerprint density at radius 3 is 2.05 bits per heavy atom. The van der Waals surface area contributed by atoms with Gasteiger partial charge in [0.25, 0.3) is 0 Å². The fraction of sp³-hybridized carbons (Fsp3) is 0.294. The average Bonchev–Trinajstić information content (AvgIpc) is 2.44. The van der Waals surface area contributed by atoms with Gasteiger partial charge in [0.05, 0.1) is 11.4 Å². The normalized spacial score (nSPS) is 11.2. The Morgan fingerprint density at radius 1 is 0.750 bits per heavy atom. The van der Waals surface area contributed by atoms with Gasteiger partial charge in [-0.1, -0.05) is 12.1 Å². The minimum Gasteiger partial charge on any atom is -0.150 e. The van der Waals surface area contributed by atoms with Gasteiger partial charge in [0.15, 0.2) is 0 Å². The molecule has 0 fully saturated rings. The van der Waals surface area contributed by atoms with Gasteiger partial charge in [-0.3, -0.25) is 0 Å². The monoisotopic (exact) mass is 284 g/mol. The molecular weight excluding hydrogens is 264 g/mol. The molecule has 20 heavy (non-hydrogen) atoms. The van der Waals surface area contributed by atoms with E-state index in [0.717, 1.165) is 11.4 Å². The Bertz CT molecular complexity index is 660. The van der Waals surface area contributed by atoms with Crippen LogP contribution in [0.2, 0.25) is 0 Å². The summed E-state index contributed by atoms with van der Waals surface area (Å²) >= 11 is 1.76. The van der Waals surface area contributed by atoms with Crippen molar-refractivity contribution in [1.29, 1.82) is 0 Å². The van der Waals surface area contributed by atoms with E-state index in [0.29, 0.717) is 0 Å². The third-order valence-electron chi connectivity index (χ3n) is 3.77. The minimum atomic E-state index is 0.941. The zero-order valence-electron chi connectivity index (χ0n) is 12.7. The first-order chi connectivity index (χ1) is 9.54. The summed E-state index contributed by atoms with van der Waals surface area (Å²) < 4.78 is 0. The average molecular weight is 284 g/mol. The number of rotatable bonds is 3. The van der Waals surface area contributed by atoms with Gasteiger partial charge >= 0.3 is 0 Å². The van der Waals surface area contributed by atoms with Crippen molar-refractivity contribution in [3.05, 3.63) is 52.6 Å². The van der Waals surface area contributed by atoms with E-state index in [9.17, 15) is 0 Å². The maximum absolute atomic E-state index is 4.43. The van der Waals surface area contributed by atoms with Crippen LogP contribution in [0.4, 0.5) is 11.4 Å². The molecule has 0 aliphatic rings. The molecule has 0 saturated carbocycles. The molecule has 0 heterocycles. The SMILES string of the molecule is CSc1ccc(N=Nc2cccc(C)c2C)c(C)c1C. The van der Waals surface area contributed by atoms with Crippen LogP contribution < -0.4 is 0 Å². The molecule has 2 nitrogen and oxygen atoms in total. The molecule has 0 radical (unpaired) electrons. The second-order valence-electron chi connectivity index (χ2n) is 4.96.